The van der Waals surface area contributed by atoms with Crippen molar-refractivity contribution in [2.45, 2.75) is 24.9 Å². The maximum absolute atomic E-state index is 13.9. The summed E-state index contributed by atoms with van der Waals surface area (Å²) in [6.07, 6.45) is 2.63. The first-order valence-electron chi connectivity index (χ1n) is 11.4. The fourth-order valence-corrected chi connectivity index (χ4v) is 4.30. The summed E-state index contributed by atoms with van der Waals surface area (Å²) in [5.41, 5.74) is 3.89. The van der Waals surface area contributed by atoms with Crippen LogP contribution in [0.2, 0.25) is 0 Å². The SMILES string of the molecule is Cn1cnc2ccc(-n3cc4ccc(OCC(F)(F)F)nc4c(-c4ccc(C5CC5)nc4)c3=O)cc21. The Kier molecular flexibility index (Phi) is 5.06. The third-order valence-corrected chi connectivity index (χ3v) is 6.28. The molecule has 0 radical (unpaired) electrons. The Morgan fingerprint density at radius 1 is 1.08 bits per heavy atom. The van der Waals surface area contributed by atoms with Gasteiger partial charge in [-0.1, -0.05) is 6.07 Å². The molecule has 1 aliphatic carbocycles. The number of alkyl halides is 3. The second-order valence-electron chi connectivity index (χ2n) is 8.94. The minimum atomic E-state index is -4.50. The molecule has 0 saturated heterocycles. The van der Waals surface area contributed by atoms with Gasteiger partial charge in [-0.3, -0.25) is 14.3 Å². The van der Waals surface area contributed by atoms with Gasteiger partial charge in [0.25, 0.3) is 5.56 Å². The average Bonchev–Trinajstić information content (AvgIpc) is 3.65. The summed E-state index contributed by atoms with van der Waals surface area (Å²) in [6.45, 7) is -1.47. The lowest BCUT2D eigenvalue weighted by Gasteiger charge is -2.14. The van der Waals surface area contributed by atoms with Crippen LogP contribution in [0, 0.1) is 0 Å². The number of benzene rings is 1. The summed E-state index contributed by atoms with van der Waals surface area (Å²) < 4.78 is 46.4. The number of aromatic nitrogens is 5. The molecule has 6 rings (SSSR count). The molecule has 5 aromatic rings. The van der Waals surface area contributed by atoms with Crippen LogP contribution in [0.5, 0.6) is 5.88 Å². The molecule has 0 spiro atoms. The molecule has 7 nitrogen and oxygen atoms in total. The van der Waals surface area contributed by atoms with Gasteiger partial charge in [0, 0.05) is 48.1 Å². The van der Waals surface area contributed by atoms with E-state index in [1.54, 1.807) is 30.9 Å². The number of rotatable bonds is 5. The molecule has 0 atom stereocenters. The van der Waals surface area contributed by atoms with Crippen LogP contribution in [0.15, 0.2) is 66.0 Å². The van der Waals surface area contributed by atoms with Gasteiger partial charge in [-0.2, -0.15) is 13.2 Å². The summed E-state index contributed by atoms with van der Waals surface area (Å²) in [7, 11) is 1.87. The number of halogens is 3. The Hall–Kier alpha value is -4.21. The molecule has 10 heteroatoms. The predicted octanol–water partition coefficient (Wildman–Crippen LogP) is 5.15. The van der Waals surface area contributed by atoms with E-state index in [0.29, 0.717) is 22.6 Å². The third kappa shape index (κ3) is 4.08. The first-order valence-corrected chi connectivity index (χ1v) is 11.4. The molecule has 0 bridgehead atoms. The zero-order valence-electron chi connectivity index (χ0n) is 19.2. The van der Waals surface area contributed by atoms with Crippen LogP contribution in [0.1, 0.15) is 24.5 Å². The van der Waals surface area contributed by atoms with Crippen molar-refractivity contribution in [3.05, 3.63) is 77.2 Å². The number of hydrogen-bond acceptors (Lipinski definition) is 5. The van der Waals surface area contributed by atoms with Crippen molar-refractivity contribution in [3.63, 3.8) is 0 Å². The minimum Gasteiger partial charge on any atom is -0.468 e. The van der Waals surface area contributed by atoms with Crippen molar-refractivity contribution in [2.75, 3.05) is 6.61 Å². The summed E-state index contributed by atoms with van der Waals surface area (Å²) in [4.78, 5) is 27.0. The highest BCUT2D eigenvalue weighted by Gasteiger charge is 2.29. The van der Waals surface area contributed by atoms with E-state index in [-0.39, 0.29) is 22.5 Å². The van der Waals surface area contributed by atoms with Crippen molar-refractivity contribution in [1.29, 1.82) is 0 Å². The lowest BCUT2D eigenvalue weighted by Crippen LogP contribution is -2.21. The summed E-state index contributed by atoms with van der Waals surface area (Å²) in [6, 6.07) is 12.2. The summed E-state index contributed by atoms with van der Waals surface area (Å²) >= 11 is 0. The van der Waals surface area contributed by atoms with Crippen LogP contribution in [0.4, 0.5) is 13.2 Å². The normalized spacial score (nSPS) is 14.0. The van der Waals surface area contributed by atoms with Gasteiger partial charge in [0.1, 0.15) is 0 Å². The lowest BCUT2D eigenvalue weighted by molar-refractivity contribution is -0.154. The van der Waals surface area contributed by atoms with Gasteiger partial charge in [-0.05, 0) is 43.2 Å². The number of fused-ring (bicyclic) bond motifs is 2. The van der Waals surface area contributed by atoms with E-state index in [2.05, 4.69) is 15.0 Å². The van der Waals surface area contributed by atoms with Gasteiger partial charge in [0.2, 0.25) is 5.88 Å². The first-order chi connectivity index (χ1) is 17.3. The van der Waals surface area contributed by atoms with Crippen molar-refractivity contribution >= 4 is 21.9 Å². The molecular weight excluding hydrogens is 471 g/mol. The van der Waals surface area contributed by atoms with Gasteiger partial charge < -0.3 is 9.30 Å². The predicted molar refractivity (Wildman–Crippen MR) is 128 cm³/mol. The summed E-state index contributed by atoms with van der Waals surface area (Å²) in [5.74, 6) is 0.228. The minimum absolute atomic E-state index is 0.211. The molecule has 0 unspecified atom stereocenters. The Morgan fingerprint density at radius 2 is 1.92 bits per heavy atom. The van der Waals surface area contributed by atoms with E-state index in [9.17, 15) is 18.0 Å². The quantitative estimate of drug-likeness (QED) is 0.340. The number of imidazole rings is 1. The molecule has 36 heavy (non-hydrogen) atoms. The highest BCUT2D eigenvalue weighted by atomic mass is 19.4. The number of aryl methyl sites for hydroxylation is 1. The van der Waals surface area contributed by atoms with Crippen molar-refractivity contribution < 1.29 is 17.9 Å². The van der Waals surface area contributed by atoms with Gasteiger partial charge in [-0.15, -0.1) is 0 Å². The van der Waals surface area contributed by atoms with Gasteiger partial charge in [-0.25, -0.2) is 9.97 Å². The van der Waals surface area contributed by atoms with E-state index < -0.39 is 12.8 Å². The van der Waals surface area contributed by atoms with Crippen molar-refractivity contribution in [1.82, 2.24) is 24.1 Å². The molecule has 0 N–H and O–H groups in total. The highest BCUT2D eigenvalue weighted by Crippen LogP contribution is 2.39. The van der Waals surface area contributed by atoms with E-state index in [1.165, 1.54) is 10.6 Å². The summed E-state index contributed by atoms with van der Waals surface area (Å²) in [5, 5.41) is 0.570. The number of pyridine rings is 3. The second-order valence-corrected chi connectivity index (χ2v) is 8.94. The molecule has 0 amide bonds. The monoisotopic (exact) mass is 491 g/mol. The molecule has 4 heterocycles. The molecule has 4 aromatic heterocycles. The number of nitrogens with zero attached hydrogens (tertiary/aromatic N) is 5. The third-order valence-electron chi connectivity index (χ3n) is 6.28. The Labute approximate surface area is 202 Å². The topological polar surface area (TPSA) is 74.8 Å². The lowest BCUT2D eigenvalue weighted by atomic mass is 10.0. The van der Waals surface area contributed by atoms with Gasteiger partial charge >= 0.3 is 6.18 Å². The fourth-order valence-electron chi connectivity index (χ4n) is 4.30. The van der Waals surface area contributed by atoms with Crippen LogP contribution in [-0.4, -0.2) is 36.9 Å². The smallest absolute Gasteiger partial charge is 0.422 e. The van der Waals surface area contributed by atoms with Crippen LogP contribution >= 0.6 is 0 Å². The maximum atomic E-state index is 13.9. The Morgan fingerprint density at radius 3 is 2.64 bits per heavy atom. The van der Waals surface area contributed by atoms with Crippen LogP contribution in [0.3, 0.4) is 0 Å². The Bertz CT molecular complexity index is 1670. The molecule has 1 saturated carbocycles. The van der Waals surface area contributed by atoms with E-state index >= 15 is 0 Å². The zero-order chi connectivity index (χ0) is 25.0. The molecular formula is C26H20F3N5O2. The van der Waals surface area contributed by atoms with Gasteiger partial charge in [0.15, 0.2) is 6.61 Å². The van der Waals surface area contributed by atoms with Crippen molar-refractivity contribution in [2.24, 2.45) is 7.05 Å². The maximum Gasteiger partial charge on any atom is 0.422 e. The standard InChI is InChI=1S/C26H20F3N5O2/c1-33-14-31-20-8-6-18(10-21(20)33)34-12-17-5-9-22(36-13-26(27,28)29)32-24(17)23(25(34)35)16-4-7-19(30-11-16)15-2-3-15/h4-12,14-15H,2-3,13H2,1H3. The second kappa shape index (κ2) is 8.18. The highest BCUT2D eigenvalue weighted by molar-refractivity contribution is 5.93. The average molecular weight is 491 g/mol. The molecule has 182 valence electrons. The van der Waals surface area contributed by atoms with E-state index in [4.69, 9.17) is 4.74 Å². The van der Waals surface area contributed by atoms with E-state index in [0.717, 1.165) is 29.6 Å². The Balaban J connectivity index is 1.54. The largest absolute Gasteiger partial charge is 0.468 e. The molecule has 1 aliphatic rings. The van der Waals surface area contributed by atoms with E-state index in [1.807, 2.05) is 35.9 Å². The van der Waals surface area contributed by atoms with Crippen LogP contribution in [-0.2, 0) is 7.05 Å². The van der Waals surface area contributed by atoms with Crippen LogP contribution in [0.25, 0.3) is 38.8 Å². The van der Waals surface area contributed by atoms with Crippen molar-refractivity contribution in [3.8, 4) is 22.7 Å². The van der Waals surface area contributed by atoms with Gasteiger partial charge in [0.05, 0.1) is 34.1 Å². The molecule has 1 fully saturated rings. The molecule has 0 aliphatic heterocycles. The number of ether oxygens (including phenoxy) is 1. The molecule has 1 aromatic carbocycles. The van der Waals surface area contributed by atoms with Crippen LogP contribution < -0.4 is 10.3 Å². The number of hydrogen-bond donors (Lipinski definition) is 0. The zero-order valence-corrected chi connectivity index (χ0v) is 19.2. The fraction of sp³-hybridized carbons (Fsp3) is 0.231. The first kappa shape index (κ1) is 22.3.